The standard InChI is InChI=1S/C19H22N2O3/c1-13(2)21-19(23)16-6-4-5-15(11-16)18(22)20-12-14-7-9-17(24-3)10-8-14/h4-11,13H,12H2,1-3H3,(H,20,22)(H,21,23). The van der Waals surface area contributed by atoms with E-state index in [1.165, 1.54) is 0 Å². The van der Waals surface area contributed by atoms with Crippen LogP contribution in [-0.2, 0) is 6.54 Å². The summed E-state index contributed by atoms with van der Waals surface area (Å²) in [6.07, 6.45) is 0. The van der Waals surface area contributed by atoms with Gasteiger partial charge < -0.3 is 15.4 Å². The number of benzene rings is 2. The van der Waals surface area contributed by atoms with E-state index in [2.05, 4.69) is 10.6 Å². The van der Waals surface area contributed by atoms with Crippen molar-refractivity contribution in [1.29, 1.82) is 0 Å². The summed E-state index contributed by atoms with van der Waals surface area (Å²) in [5.74, 6) is 0.369. The number of rotatable bonds is 6. The van der Waals surface area contributed by atoms with Gasteiger partial charge in [0.2, 0.25) is 0 Å². The highest BCUT2D eigenvalue weighted by Gasteiger charge is 2.11. The lowest BCUT2D eigenvalue weighted by Crippen LogP contribution is -2.30. The molecule has 126 valence electrons. The third-order valence-electron chi connectivity index (χ3n) is 3.42. The summed E-state index contributed by atoms with van der Waals surface area (Å²) in [5, 5.41) is 5.66. The highest BCUT2D eigenvalue weighted by Crippen LogP contribution is 2.11. The van der Waals surface area contributed by atoms with Crippen LogP contribution < -0.4 is 15.4 Å². The summed E-state index contributed by atoms with van der Waals surface area (Å²) in [5.41, 5.74) is 1.90. The molecule has 2 aromatic carbocycles. The first kappa shape index (κ1) is 17.5. The van der Waals surface area contributed by atoms with Crippen LogP contribution in [0.3, 0.4) is 0 Å². The molecule has 0 aromatic heterocycles. The molecule has 0 atom stereocenters. The Kier molecular flexibility index (Phi) is 5.95. The fourth-order valence-corrected chi connectivity index (χ4v) is 2.17. The van der Waals surface area contributed by atoms with Crippen molar-refractivity contribution in [1.82, 2.24) is 10.6 Å². The number of nitrogens with one attached hydrogen (secondary N) is 2. The van der Waals surface area contributed by atoms with Gasteiger partial charge in [-0.15, -0.1) is 0 Å². The molecule has 2 N–H and O–H groups in total. The normalized spacial score (nSPS) is 10.3. The van der Waals surface area contributed by atoms with Crippen molar-refractivity contribution in [3.05, 3.63) is 65.2 Å². The van der Waals surface area contributed by atoms with E-state index < -0.39 is 0 Å². The molecule has 0 fully saturated rings. The molecule has 0 radical (unpaired) electrons. The summed E-state index contributed by atoms with van der Waals surface area (Å²) in [7, 11) is 1.61. The van der Waals surface area contributed by atoms with Crippen LogP contribution >= 0.6 is 0 Å². The predicted molar refractivity (Wildman–Crippen MR) is 93.2 cm³/mol. The topological polar surface area (TPSA) is 67.4 Å². The molecule has 24 heavy (non-hydrogen) atoms. The van der Waals surface area contributed by atoms with Gasteiger partial charge in [0.1, 0.15) is 5.75 Å². The Morgan fingerprint density at radius 3 is 2.21 bits per heavy atom. The van der Waals surface area contributed by atoms with Gasteiger partial charge in [0.05, 0.1) is 7.11 Å². The Morgan fingerprint density at radius 2 is 1.62 bits per heavy atom. The van der Waals surface area contributed by atoms with Crippen molar-refractivity contribution < 1.29 is 14.3 Å². The Hall–Kier alpha value is -2.82. The van der Waals surface area contributed by atoms with Crippen LogP contribution in [-0.4, -0.2) is 25.0 Å². The fourth-order valence-electron chi connectivity index (χ4n) is 2.17. The quantitative estimate of drug-likeness (QED) is 0.858. The summed E-state index contributed by atoms with van der Waals surface area (Å²) in [6.45, 7) is 4.19. The Bertz CT molecular complexity index is 709. The number of hydrogen-bond acceptors (Lipinski definition) is 3. The van der Waals surface area contributed by atoms with Gasteiger partial charge in [0, 0.05) is 23.7 Å². The number of hydrogen-bond donors (Lipinski definition) is 2. The molecule has 0 spiro atoms. The zero-order valence-electron chi connectivity index (χ0n) is 14.1. The zero-order valence-corrected chi connectivity index (χ0v) is 14.1. The molecule has 0 heterocycles. The lowest BCUT2D eigenvalue weighted by molar-refractivity contribution is 0.0943. The van der Waals surface area contributed by atoms with E-state index >= 15 is 0 Å². The first-order chi connectivity index (χ1) is 11.5. The van der Waals surface area contributed by atoms with Crippen LogP contribution in [0.4, 0.5) is 0 Å². The molecule has 5 nitrogen and oxygen atoms in total. The average molecular weight is 326 g/mol. The van der Waals surface area contributed by atoms with E-state index in [9.17, 15) is 9.59 Å². The van der Waals surface area contributed by atoms with Crippen molar-refractivity contribution in [2.75, 3.05) is 7.11 Å². The Balaban J connectivity index is 2.00. The van der Waals surface area contributed by atoms with Crippen molar-refractivity contribution >= 4 is 11.8 Å². The number of methoxy groups -OCH3 is 1. The molecule has 0 unspecified atom stereocenters. The van der Waals surface area contributed by atoms with E-state index in [-0.39, 0.29) is 17.9 Å². The van der Waals surface area contributed by atoms with Crippen molar-refractivity contribution in [2.45, 2.75) is 26.4 Å². The van der Waals surface area contributed by atoms with Crippen molar-refractivity contribution in [2.24, 2.45) is 0 Å². The van der Waals surface area contributed by atoms with Crippen LogP contribution in [0.1, 0.15) is 40.1 Å². The Labute approximate surface area is 142 Å². The van der Waals surface area contributed by atoms with Crippen LogP contribution in [0.25, 0.3) is 0 Å². The van der Waals surface area contributed by atoms with Crippen molar-refractivity contribution in [3.8, 4) is 5.75 Å². The second kappa shape index (κ2) is 8.15. The minimum Gasteiger partial charge on any atom is -0.497 e. The largest absolute Gasteiger partial charge is 0.497 e. The molecule has 0 saturated carbocycles. The maximum Gasteiger partial charge on any atom is 0.251 e. The van der Waals surface area contributed by atoms with E-state index in [1.807, 2.05) is 38.1 Å². The van der Waals surface area contributed by atoms with Crippen LogP contribution in [0.15, 0.2) is 48.5 Å². The predicted octanol–water partition coefficient (Wildman–Crippen LogP) is 2.76. The lowest BCUT2D eigenvalue weighted by Gasteiger charge is -2.10. The highest BCUT2D eigenvalue weighted by atomic mass is 16.5. The number of carbonyl (C=O) groups is 2. The zero-order chi connectivity index (χ0) is 17.5. The van der Waals surface area contributed by atoms with E-state index in [1.54, 1.807) is 31.4 Å². The van der Waals surface area contributed by atoms with Gasteiger partial charge in [-0.25, -0.2) is 0 Å². The van der Waals surface area contributed by atoms with E-state index in [4.69, 9.17) is 4.74 Å². The molecule has 0 saturated heterocycles. The first-order valence-corrected chi connectivity index (χ1v) is 7.81. The molecule has 0 bridgehead atoms. The van der Waals surface area contributed by atoms with Crippen LogP contribution in [0, 0.1) is 0 Å². The molecule has 0 aliphatic carbocycles. The van der Waals surface area contributed by atoms with Gasteiger partial charge in [-0.3, -0.25) is 9.59 Å². The molecule has 0 aliphatic rings. The maximum atomic E-state index is 12.3. The molecule has 2 rings (SSSR count). The third kappa shape index (κ3) is 4.84. The van der Waals surface area contributed by atoms with E-state index in [0.717, 1.165) is 11.3 Å². The smallest absolute Gasteiger partial charge is 0.251 e. The summed E-state index contributed by atoms with van der Waals surface area (Å²) >= 11 is 0. The summed E-state index contributed by atoms with van der Waals surface area (Å²) < 4.78 is 5.10. The van der Waals surface area contributed by atoms with Gasteiger partial charge in [-0.2, -0.15) is 0 Å². The summed E-state index contributed by atoms with van der Waals surface area (Å²) in [4.78, 5) is 24.3. The number of amides is 2. The SMILES string of the molecule is COc1ccc(CNC(=O)c2cccc(C(=O)NC(C)C)c2)cc1. The first-order valence-electron chi connectivity index (χ1n) is 7.81. The third-order valence-corrected chi connectivity index (χ3v) is 3.42. The highest BCUT2D eigenvalue weighted by molar-refractivity contribution is 5.99. The number of carbonyl (C=O) groups excluding carboxylic acids is 2. The average Bonchev–Trinajstić information content (AvgIpc) is 2.59. The maximum absolute atomic E-state index is 12.3. The van der Waals surface area contributed by atoms with E-state index in [0.29, 0.717) is 17.7 Å². The lowest BCUT2D eigenvalue weighted by atomic mass is 10.1. The monoisotopic (exact) mass is 326 g/mol. The van der Waals surface area contributed by atoms with Crippen LogP contribution in [0.5, 0.6) is 5.75 Å². The van der Waals surface area contributed by atoms with Gasteiger partial charge in [-0.05, 0) is 49.7 Å². The Morgan fingerprint density at radius 1 is 1.00 bits per heavy atom. The van der Waals surface area contributed by atoms with Crippen LogP contribution in [0.2, 0.25) is 0 Å². The fraction of sp³-hybridized carbons (Fsp3) is 0.263. The molecule has 2 amide bonds. The van der Waals surface area contributed by atoms with Gasteiger partial charge in [0.15, 0.2) is 0 Å². The minimum atomic E-state index is -0.218. The molecular weight excluding hydrogens is 304 g/mol. The minimum absolute atomic E-state index is 0.0463. The molecule has 2 aromatic rings. The molecular formula is C19H22N2O3. The van der Waals surface area contributed by atoms with Crippen molar-refractivity contribution in [3.63, 3.8) is 0 Å². The summed E-state index contributed by atoms with van der Waals surface area (Å²) in [6, 6.07) is 14.2. The van der Waals surface area contributed by atoms with Gasteiger partial charge >= 0.3 is 0 Å². The second-order valence-corrected chi connectivity index (χ2v) is 5.74. The van der Waals surface area contributed by atoms with Gasteiger partial charge in [0.25, 0.3) is 11.8 Å². The molecule has 5 heteroatoms. The molecule has 0 aliphatic heterocycles. The van der Waals surface area contributed by atoms with Gasteiger partial charge in [-0.1, -0.05) is 18.2 Å². The number of ether oxygens (including phenoxy) is 1. The second-order valence-electron chi connectivity index (χ2n) is 5.74.